The zero-order chi connectivity index (χ0) is 20.1. The maximum Gasteiger partial charge on any atom is 0.297 e. The van der Waals surface area contributed by atoms with Crippen molar-refractivity contribution in [3.05, 3.63) is 29.8 Å². The van der Waals surface area contributed by atoms with Gasteiger partial charge in [0.05, 0.1) is 5.56 Å². The second kappa shape index (κ2) is 6.19. The predicted molar refractivity (Wildman–Crippen MR) is 83.4 cm³/mol. The van der Waals surface area contributed by atoms with Crippen molar-refractivity contribution < 1.29 is 48.5 Å². The fraction of sp³-hybridized carbons (Fsp3) is 0. The van der Waals surface area contributed by atoms with Crippen molar-refractivity contribution in [2.45, 2.75) is 14.7 Å². The second-order valence-electron chi connectivity index (χ2n) is 4.76. The van der Waals surface area contributed by atoms with Crippen molar-refractivity contribution in [3.63, 3.8) is 0 Å². The third-order valence-electron chi connectivity index (χ3n) is 3.17. The predicted octanol–water partition coefficient (Wildman–Crippen LogP) is -0.128. The minimum Gasteiger partial charge on any atom is -0.285 e. The van der Waals surface area contributed by atoms with Gasteiger partial charge in [-0.15, -0.1) is 0 Å². The number of fused-ring (bicyclic) bond motifs is 1. The highest BCUT2D eigenvalue weighted by atomic mass is 32.2. The lowest BCUT2D eigenvalue weighted by atomic mass is 10.0. The van der Waals surface area contributed by atoms with E-state index in [-0.39, 0.29) is 0 Å². The first-order chi connectivity index (χ1) is 11.7. The van der Waals surface area contributed by atoms with E-state index in [1.165, 1.54) is 6.07 Å². The largest absolute Gasteiger partial charge is 0.297 e. The van der Waals surface area contributed by atoms with Gasteiger partial charge in [-0.1, -0.05) is 24.3 Å². The number of Topliss-reactive ketones (excluding diaryl/α,β-unsaturated/α-hetero) is 1. The van der Waals surface area contributed by atoms with Crippen LogP contribution < -0.4 is 0 Å². The summed E-state index contributed by atoms with van der Waals surface area (Å²) in [5.41, 5.74) is -1.24. The minimum atomic E-state index is -5.75. The minimum absolute atomic E-state index is 0.603. The highest BCUT2D eigenvalue weighted by molar-refractivity contribution is 7.90. The zero-order valence-corrected chi connectivity index (χ0v) is 14.6. The van der Waals surface area contributed by atoms with E-state index in [2.05, 4.69) is 0 Å². The Kier molecular flexibility index (Phi) is 4.78. The second-order valence-corrected chi connectivity index (χ2v) is 8.84. The molecule has 0 amide bonds. The summed E-state index contributed by atoms with van der Waals surface area (Å²) in [4.78, 5) is 17.1. The number of hydrogen-bond acceptors (Lipinski definition) is 8. The molecule has 0 unspecified atom stereocenters. The third kappa shape index (κ3) is 3.37. The summed E-state index contributed by atoms with van der Waals surface area (Å²) in [6.07, 6.45) is 0.770. The number of rotatable bonds is 5. The molecule has 0 bridgehead atoms. The Balaban J connectivity index is 3.53. The van der Waals surface area contributed by atoms with Crippen molar-refractivity contribution in [2.24, 2.45) is 0 Å². The van der Waals surface area contributed by atoms with Crippen LogP contribution in [0.25, 0.3) is 10.8 Å². The molecule has 2 aromatic rings. The van der Waals surface area contributed by atoms with E-state index in [9.17, 15) is 48.5 Å². The van der Waals surface area contributed by atoms with Crippen LogP contribution in [-0.2, 0) is 35.1 Å². The summed E-state index contributed by atoms with van der Waals surface area (Å²) < 4.78 is 98.1. The molecule has 0 saturated carbocycles. The Bertz CT molecular complexity index is 1270. The van der Waals surface area contributed by atoms with E-state index in [1.807, 2.05) is 0 Å². The van der Waals surface area contributed by atoms with E-state index < -0.39 is 67.2 Å². The van der Waals surface area contributed by atoms with Gasteiger partial charge in [-0.05, 0) is 5.39 Å². The molecule has 0 fully saturated rings. The number of carbonyl (C=O) groups is 1. The Morgan fingerprint density at radius 3 is 1.54 bits per heavy atom. The van der Waals surface area contributed by atoms with Gasteiger partial charge in [-0.25, -0.2) is 0 Å². The molecule has 26 heavy (non-hydrogen) atoms. The quantitative estimate of drug-likeness (QED) is 0.329. The van der Waals surface area contributed by atoms with Crippen LogP contribution in [0.1, 0.15) is 10.4 Å². The molecule has 0 atom stereocenters. The van der Waals surface area contributed by atoms with Crippen LogP contribution >= 0.6 is 0 Å². The molecule has 0 spiro atoms. The molecule has 0 heterocycles. The average molecular weight is 423 g/mol. The van der Waals surface area contributed by atoms with E-state index in [4.69, 9.17) is 0 Å². The zero-order valence-electron chi connectivity index (χ0n) is 12.1. The molecule has 0 aliphatic heterocycles. The van der Waals surface area contributed by atoms with Crippen molar-refractivity contribution in [3.8, 4) is 0 Å². The maximum atomic E-state index is 11.8. The lowest BCUT2D eigenvalue weighted by Crippen LogP contribution is -2.20. The van der Waals surface area contributed by atoms with Gasteiger partial charge in [-0.2, -0.15) is 25.3 Å². The van der Waals surface area contributed by atoms with Gasteiger partial charge in [0.2, 0.25) is 5.78 Å². The van der Waals surface area contributed by atoms with E-state index in [0.717, 1.165) is 24.5 Å². The van der Waals surface area contributed by atoms with Crippen LogP contribution in [0.3, 0.4) is 0 Å². The van der Waals surface area contributed by atoms with Crippen molar-refractivity contribution >= 4 is 53.2 Å². The molecule has 11 nitrogen and oxygen atoms in total. The summed E-state index contributed by atoms with van der Waals surface area (Å²) in [5.74, 6) is -1.75. The molecule has 1 radical (unpaired) electrons. The normalized spacial score (nSPS) is 12.9. The summed E-state index contributed by atoms with van der Waals surface area (Å²) in [5, 5.41) is -1.30. The topological polar surface area (TPSA) is 197 Å². The lowest BCUT2D eigenvalue weighted by molar-refractivity contribution is 0.105. The van der Waals surface area contributed by atoms with Crippen LogP contribution in [0.2, 0.25) is 0 Å². The summed E-state index contributed by atoms with van der Waals surface area (Å²) in [7, 11) is -16.9. The van der Waals surface area contributed by atoms with Crippen LogP contribution in [0, 0.1) is 0 Å². The molecular formula is C12H7O11S3. The molecule has 0 saturated heterocycles. The Morgan fingerprint density at radius 1 is 0.731 bits per heavy atom. The Hall–Kier alpha value is -2.23. The number of hydrogen-bond donors (Lipinski definition) is 3. The van der Waals surface area contributed by atoms with Gasteiger partial charge >= 0.3 is 0 Å². The number of benzene rings is 2. The average Bonchev–Trinajstić information content (AvgIpc) is 2.48. The third-order valence-corrected chi connectivity index (χ3v) is 6.22. The monoisotopic (exact) mass is 423 g/mol. The van der Waals surface area contributed by atoms with E-state index in [1.54, 1.807) is 0 Å². The molecule has 14 heteroatoms. The van der Waals surface area contributed by atoms with Crippen molar-refractivity contribution in [1.29, 1.82) is 0 Å². The molecule has 2 rings (SSSR count). The van der Waals surface area contributed by atoms with Gasteiger partial charge in [0.25, 0.3) is 36.6 Å². The van der Waals surface area contributed by atoms with Crippen LogP contribution in [0.4, 0.5) is 0 Å². The maximum absolute atomic E-state index is 11.8. The highest BCUT2D eigenvalue weighted by Gasteiger charge is 2.39. The lowest BCUT2D eigenvalue weighted by Gasteiger charge is -2.16. The highest BCUT2D eigenvalue weighted by Crippen LogP contribution is 2.39. The van der Waals surface area contributed by atoms with Gasteiger partial charge in [0.1, 0.15) is 14.7 Å². The summed E-state index contributed by atoms with van der Waals surface area (Å²) in [6.45, 7) is 0. The molecule has 2 aromatic carbocycles. The summed E-state index contributed by atoms with van der Waals surface area (Å²) in [6, 6.07) is 4.11. The van der Waals surface area contributed by atoms with Crippen LogP contribution in [0.5, 0.6) is 0 Å². The standard InChI is InChI=1S/C12H7O11S3/c13-5-8(14)9-6-3-1-2-4-7(6)10(24(15,16)17)12(26(21,22)23)11(9)25(18,19)20/h1-4H,(H,15,16,17)(H,18,19,20)(H,21,22,23). The summed E-state index contributed by atoms with van der Waals surface area (Å²) >= 11 is 0. The van der Waals surface area contributed by atoms with Crippen LogP contribution in [0.15, 0.2) is 39.0 Å². The van der Waals surface area contributed by atoms with Gasteiger partial charge in [0, 0.05) is 5.39 Å². The molecule has 3 N–H and O–H groups in total. The van der Waals surface area contributed by atoms with E-state index in [0.29, 0.717) is 0 Å². The first-order valence-corrected chi connectivity index (χ1v) is 10.5. The molecule has 0 aliphatic rings. The van der Waals surface area contributed by atoms with E-state index >= 15 is 0 Å². The van der Waals surface area contributed by atoms with Gasteiger partial charge in [-0.3, -0.25) is 23.2 Å². The first kappa shape index (κ1) is 20.1. The number of ketones is 1. The molecule has 139 valence electrons. The fourth-order valence-corrected chi connectivity index (χ4v) is 5.97. The Labute approximate surface area is 146 Å². The van der Waals surface area contributed by atoms with Crippen molar-refractivity contribution in [2.75, 3.05) is 0 Å². The smallest absolute Gasteiger partial charge is 0.285 e. The Morgan fingerprint density at radius 2 is 1.15 bits per heavy atom. The van der Waals surface area contributed by atoms with Crippen LogP contribution in [-0.4, -0.2) is 51.0 Å². The molecular weight excluding hydrogens is 416 g/mol. The first-order valence-electron chi connectivity index (χ1n) is 6.15. The molecule has 0 aromatic heterocycles. The fourth-order valence-electron chi connectivity index (χ4n) is 2.37. The van der Waals surface area contributed by atoms with Crippen molar-refractivity contribution in [1.82, 2.24) is 0 Å². The SMILES string of the molecule is O=[C]C(=O)c1c(S(=O)(=O)O)c(S(=O)(=O)O)c(S(=O)(=O)O)c2ccccc12. The van der Waals surface area contributed by atoms with Gasteiger partial charge in [0.15, 0.2) is 0 Å². The molecule has 0 aliphatic carbocycles. The number of carbonyl (C=O) groups excluding carboxylic acids is 2. The van der Waals surface area contributed by atoms with Gasteiger partial charge < -0.3 is 0 Å².